The van der Waals surface area contributed by atoms with E-state index in [0.29, 0.717) is 0 Å². The van der Waals surface area contributed by atoms with Crippen molar-refractivity contribution in [2.24, 2.45) is 0 Å². The number of pyridine rings is 1. The van der Waals surface area contributed by atoms with Crippen LogP contribution in [-0.4, -0.2) is 22.0 Å². The molecule has 0 aliphatic carbocycles. The zero-order valence-electron chi connectivity index (χ0n) is 8.45. The molecule has 16 heavy (non-hydrogen) atoms. The Morgan fingerprint density at radius 2 is 2.19 bits per heavy atom. The van der Waals surface area contributed by atoms with Crippen molar-refractivity contribution in [2.75, 3.05) is 0 Å². The lowest BCUT2D eigenvalue weighted by atomic mass is 10.0. The first-order chi connectivity index (χ1) is 7.38. The Balaban J connectivity index is 3.19. The third-order valence-corrected chi connectivity index (χ3v) is 2.08. The SMILES string of the molecule is CCC(O)C(=O)c1cnccc1C(F)(F)F. The average Bonchev–Trinajstić information content (AvgIpc) is 2.26. The summed E-state index contributed by atoms with van der Waals surface area (Å²) >= 11 is 0. The van der Waals surface area contributed by atoms with Gasteiger partial charge in [0.15, 0.2) is 5.78 Å². The molecule has 3 nitrogen and oxygen atoms in total. The fourth-order valence-electron chi connectivity index (χ4n) is 1.20. The Morgan fingerprint density at radius 3 is 2.69 bits per heavy atom. The number of carbonyl (C=O) groups is 1. The molecule has 0 fully saturated rings. The van der Waals surface area contributed by atoms with Crippen molar-refractivity contribution in [3.63, 3.8) is 0 Å². The van der Waals surface area contributed by atoms with E-state index in [9.17, 15) is 23.1 Å². The molecule has 1 aromatic rings. The molecule has 0 aromatic carbocycles. The van der Waals surface area contributed by atoms with Gasteiger partial charge in [0.05, 0.1) is 11.1 Å². The molecule has 1 heterocycles. The molecule has 0 aliphatic rings. The Morgan fingerprint density at radius 1 is 1.56 bits per heavy atom. The molecular formula is C10H10F3NO2. The van der Waals surface area contributed by atoms with E-state index >= 15 is 0 Å². The molecule has 1 unspecified atom stereocenters. The van der Waals surface area contributed by atoms with Crippen LogP contribution < -0.4 is 0 Å². The average molecular weight is 233 g/mol. The number of aromatic nitrogens is 1. The van der Waals surface area contributed by atoms with E-state index < -0.39 is 29.2 Å². The number of rotatable bonds is 3. The van der Waals surface area contributed by atoms with Crippen molar-refractivity contribution < 1.29 is 23.1 Å². The summed E-state index contributed by atoms with van der Waals surface area (Å²) in [5, 5.41) is 9.23. The number of aliphatic hydroxyl groups excluding tert-OH is 1. The van der Waals surface area contributed by atoms with E-state index in [2.05, 4.69) is 4.98 Å². The summed E-state index contributed by atoms with van der Waals surface area (Å²) in [7, 11) is 0. The fourth-order valence-corrected chi connectivity index (χ4v) is 1.20. The van der Waals surface area contributed by atoms with Crippen LogP contribution in [0.2, 0.25) is 0 Å². The monoisotopic (exact) mass is 233 g/mol. The molecule has 0 amide bonds. The van der Waals surface area contributed by atoms with Crippen LogP contribution >= 0.6 is 0 Å². The first-order valence-corrected chi connectivity index (χ1v) is 4.61. The smallest absolute Gasteiger partial charge is 0.385 e. The van der Waals surface area contributed by atoms with Crippen LogP contribution in [0.15, 0.2) is 18.5 Å². The van der Waals surface area contributed by atoms with Crippen molar-refractivity contribution in [1.29, 1.82) is 0 Å². The molecule has 1 rings (SSSR count). The maximum absolute atomic E-state index is 12.5. The Labute approximate surface area is 89.9 Å². The summed E-state index contributed by atoms with van der Waals surface area (Å²) in [6.07, 6.45) is -4.21. The predicted molar refractivity (Wildman–Crippen MR) is 49.9 cm³/mol. The van der Waals surface area contributed by atoms with E-state index in [0.717, 1.165) is 18.5 Å². The maximum Gasteiger partial charge on any atom is 0.417 e. The number of aliphatic hydroxyl groups is 1. The lowest BCUT2D eigenvalue weighted by Gasteiger charge is -2.13. The van der Waals surface area contributed by atoms with Crippen LogP contribution in [0.4, 0.5) is 13.2 Å². The zero-order valence-corrected chi connectivity index (χ0v) is 8.45. The van der Waals surface area contributed by atoms with Crippen LogP contribution in [0.3, 0.4) is 0 Å². The second-order valence-corrected chi connectivity index (χ2v) is 3.21. The second-order valence-electron chi connectivity index (χ2n) is 3.21. The molecule has 1 atom stereocenters. The van der Waals surface area contributed by atoms with Crippen LogP contribution in [-0.2, 0) is 6.18 Å². The van der Waals surface area contributed by atoms with Gasteiger partial charge in [0.25, 0.3) is 0 Å². The van der Waals surface area contributed by atoms with Gasteiger partial charge in [-0.25, -0.2) is 0 Å². The largest absolute Gasteiger partial charge is 0.417 e. The van der Waals surface area contributed by atoms with Gasteiger partial charge in [0.2, 0.25) is 0 Å². The highest BCUT2D eigenvalue weighted by molar-refractivity contribution is 6.00. The van der Waals surface area contributed by atoms with Gasteiger partial charge in [-0.3, -0.25) is 9.78 Å². The first-order valence-electron chi connectivity index (χ1n) is 4.61. The van der Waals surface area contributed by atoms with Crippen molar-refractivity contribution >= 4 is 5.78 Å². The van der Waals surface area contributed by atoms with Crippen LogP contribution in [0.25, 0.3) is 0 Å². The molecule has 1 N–H and O–H groups in total. The van der Waals surface area contributed by atoms with Crippen molar-refractivity contribution in [2.45, 2.75) is 25.6 Å². The molecule has 88 valence electrons. The molecule has 1 aromatic heterocycles. The molecule has 0 radical (unpaired) electrons. The maximum atomic E-state index is 12.5. The van der Waals surface area contributed by atoms with Crippen molar-refractivity contribution in [1.82, 2.24) is 4.98 Å². The third kappa shape index (κ3) is 2.57. The van der Waals surface area contributed by atoms with Gasteiger partial charge in [0, 0.05) is 12.4 Å². The second kappa shape index (κ2) is 4.61. The summed E-state index contributed by atoms with van der Waals surface area (Å²) < 4.78 is 37.5. The first kappa shape index (κ1) is 12.6. The molecular weight excluding hydrogens is 223 g/mol. The summed E-state index contributed by atoms with van der Waals surface area (Å²) in [6.45, 7) is 1.51. The van der Waals surface area contributed by atoms with E-state index in [1.54, 1.807) is 0 Å². The highest BCUT2D eigenvalue weighted by Gasteiger charge is 2.36. The third-order valence-electron chi connectivity index (χ3n) is 2.08. The molecule has 0 bridgehead atoms. The van der Waals surface area contributed by atoms with E-state index in [1.165, 1.54) is 6.92 Å². The lowest BCUT2D eigenvalue weighted by Crippen LogP contribution is -2.23. The highest BCUT2D eigenvalue weighted by Crippen LogP contribution is 2.31. The number of hydrogen-bond acceptors (Lipinski definition) is 3. The molecule has 0 saturated heterocycles. The minimum Gasteiger partial charge on any atom is -0.385 e. The minimum absolute atomic E-state index is 0.0605. The van der Waals surface area contributed by atoms with Gasteiger partial charge in [-0.05, 0) is 12.5 Å². The van der Waals surface area contributed by atoms with Gasteiger partial charge in [-0.15, -0.1) is 0 Å². The number of Topliss-reactive ketones (excluding diaryl/α,β-unsaturated/α-hetero) is 1. The molecule has 0 aliphatic heterocycles. The summed E-state index contributed by atoms with van der Waals surface area (Å²) in [6, 6.07) is 0.718. The van der Waals surface area contributed by atoms with Gasteiger partial charge in [-0.1, -0.05) is 6.92 Å². The van der Waals surface area contributed by atoms with E-state index in [1.807, 2.05) is 0 Å². The van der Waals surface area contributed by atoms with E-state index in [-0.39, 0.29) is 6.42 Å². The highest BCUT2D eigenvalue weighted by atomic mass is 19.4. The number of nitrogens with zero attached hydrogens (tertiary/aromatic N) is 1. The number of hydrogen-bond donors (Lipinski definition) is 1. The van der Waals surface area contributed by atoms with Gasteiger partial charge < -0.3 is 5.11 Å². The van der Waals surface area contributed by atoms with Crippen molar-refractivity contribution in [3.8, 4) is 0 Å². The normalized spacial score (nSPS) is 13.6. The topological polar surface area (TPSA) is 50.2 Å². The Kier molecular flexibility index (Phi) is 3.64. The standard InChI is InChI=1S/C10H10F3NO2/c1-2-8(15)9(16)6-5-14-4-3-7(6)10(11,12)13/h3-5,8,15H,2H2,1H3. The fraction of sp³-hybridized carbons (Fsp3) is 0.400. The van der Waals surface area contributed by atoms with E-state index in [4.69, 9.17) is 0 Å². The molecule has 0 spiro atoms. The van der Waals surface area contributed by atoms with Gasteiger partial charge in [-0.2, -0.15) is 13.2 Å². The van der Waals surface area contributed by atoms with Crippen LogP contribution in [0, 0.1) is 0 Å². The minimum atomic E-state index is -4.62. The Bertz CT molecular complexity index is 390. The number of alkyl halides is 3. The molecule has 6 heteroatoms. The molecule has 0 saturated carbocycles. The predicted octanol–water partition coefficient (Wildman–Crippen LogP) is 2.05. The lowest BCUT2D eigenvalue weighted by molar-refractivity contribution is -0.138. The van der Waals surface area contributed by atoms with Crippen molar-refractivity contribution in [3.05, 3.63) is 29.6 Å². The Hall–Kier alpha value is -1.43. The van der Waals surface area contributed by atoms with Crippen LogP contribution in [0.5, 0.6) is 0 Å². The number of carbonyl (C=O) groups excluding carboxylic acids is 1. The summed E-state index contributed by atoms with van der Waals surface area (Å²) in [4.78, 5) is 14.9. The van der Waals surface area contributed by atoms with Gasteiger partial charge in [0.1, 0.15) is 6.10 Å². The number of halogens is 3. The number of ketones is 1. The zero-order chi connectivity index (χ0) is 12.3. The quantitative estimate of drug-likeness (QED) is 0.813. The van der Waals surface area contributed by atoms with Crippen LogP contribution in [0.1, 0.15) is 29.3 Å². The van der Waals surface area contributed by atoms with Gasteiger partial charge >= 0.3 is 6.18 Å². The summed E-state index contributed by atoms with van der Waals surface area (Å²) in [5.74, 6) is -0.956. The summed E-state index contributed by atoms with van der Waals surface area (Å²) in [5.41, 5.74) is -1.66.